The third kappa shape index (κ3) is 5.01. The molecular weight excluding hydrogens is 370 g/mol. The third-order valence-corrected chi connectivity index (χ3v) is 4.56. The molecule has 1 heterocycles. The van der Waals surface area contributed by atoms with Crippen LogP contribution in [0.15, 0.2) is 73.3 Å². The van der Waals surface area contributed by atoms with E-state index in [0.717, 1.165) is 5.56 Å². The molecule has 3 amide bonds. The van der Waals surface area contributed by atoms with Gasteiger partial charge in [0.2, 0.25) is 5.91 Å². The molecule has 0 aromatic heterocycles. The van der Waals surface area contributed by atoms with Crippen LogP contribution in [-0.2, 0) is 20.9 Å². The average molecular weight is 393 g/mol. The van der Waals surface area contributed by atoms with E-state index < -0.39 is 24.1 Å². The molecule has 150 valence electrons. The first-order valence-corrected chi connectivity index (χ1v) is 9.31. The van der Waals surface area contributed by atoms with E-state index in [9.17, 15) is 14.4 Å². The summed E-state index contributed by atoms with van der Waals surface area (Å²) in [4.78, 5) is 38.6. The maximum Gasteiger partial charge on any atom is 0.333 e. The van der Waals surface area contributed by atoms with Gasteiger partial charge in [0.1, 0.15) is 12.6 Å². The number of likely N-dealkylation sites (tertiary alicyclic amines) is 1. The molecule has 0 spiro atoms. The molecule has 3 rings (SSSR count). The second kappa shape index (κ2) is 9.54. The van der Waals surface area contributed by atoms with E-state index in [-0.39, 0.29) is 19.1 Å². The smallest absolute Gasteiger partial charge is 0.333 e. The number of rotatable bonds is 8. The van der Waals surface area contributed by atoms with Gasteiger partial charge in [0.15, 0.2) is 6.04 Å². The fourth-order valence-electron chi connectivity index (χ4n) is 3.08. The number of urea groups is 1. The quantitative estimate of drug-likeness (QED) is 0.409. The van der Waals surface area contributed by atoms with Crippen LogP contribution in [0.2, 0.25) is 0 Å². The van der Waals surface area contributed by atoms with Gasteiger partial charge in [0.25, 0.3) is 0 Å². The standard InChI is InChI=1S/C22H23N3O4/c1-2-13-29-21(27)19(17-11-7-4-8-12-17)25-15-18(20(25)26)24-22(28)23-14-16-9-5-3-6-10-16/h2-12,18-19H,1,13-15H2,(H2,23,24,28)/t18?,19-/m1/s1. The highest BCUT2D eigenvalue weighted by Crippen LogP contribution is 2.28. The molecule has 0 radical (unpaired) electrons. The molecule has 0 bridgehead atoms. The van der Waals surface area contributed by atoms with Gasteiger partial charge < -0.3 is 20.3 Å². The summed E-state index contributed by atoms with van der Waals surface area (Å²) in [6.07, 6.45) is 1.47. The lowest BCUT2D eigenvalue weighted by atomic mass is 9.98. The fraction of sp³-hybridized carbons (Fsp3) is 0.227. The van der Waals surface area contributed by atoms with Crippen LogP contribution in [-0.4, -0.2) is 42.0 Å². The minimum absolute atomic E-state index is 0.0633. The lowest BCUT2D eigenvalue weighted by Crippen LogP contribution is -2.66. The Labute approximate surface area is 169 Å². The highest BCUT2D eigenvalue weighted by molar-refractivity contribution is 5.95. The Morgan fingerprint density at radius 2 is 1.79 bits per heavy atom. The number of hydrogen-bond donors (Lipinski definition) is 2. The molecule has 7 heteroatoms. The van der Waals surface area contributed by atoms with Crippen molar-refractivity contribution < 1.29 is 19.1 Å². The Kier molecular flexibility index (Phi) is 6.63. The first-order chi connectivity index (χ1) is 14.1. The van der Waals surface area contributed by atoms with E-state index in [4.69, 9.17) is 4.74 Å². The van der Waals surface area contributed by atoms with Gasteiger partial charge in [-0.25, -0.2) is 9.59 Å². The average Bonchev–Trinajstić information content (AvgIpc) is 2.76. The number of hydrogen-bond acceptors (Lipinski definition) is 4. The highest BCUT2D eigenvalue weighted by Gasteiger charge is 2.45. The maximum atomic E-state index is 12.6. The molecule has 0 saturated carbocycles. The van der Waals surface area contributed by atoms with E-state index in [1.54, 1.807) is 24.3 Å². The number of amides is 3. The molecule has 2 N–H and O–H groups in total. The number of esters is 1. The van der Waals surface area contributed by atoms with Crippen LogP contribution >= 0.6 is 0 Å². The summed E-state index contributed by atoms with van der Waals surface area (Å²) in [6.45, 7) is 4.18. The van der Waals surface area contributed by atoms with E-state index in [1.165, 1.54) is 11.0 Å². The van der Waals surface area contributed by atoms with E-state index >= 15 is 0 Å². The van der Waals surface area contributed by atoms with Crippen LogP contribution in [0.5, 0.6) is 0 Å². The van der Waals surface area contributed by atoms with Gasteiger partial charge in [-0.15, -0.1) is 0 Å². The Bertz CT molecular complexity index is 870. The van der Waals surface area contributed by atoms with Gasteiger partial charge in [-0.1, -0.05) is 73.3 Å². The summed E-state index contributed by atoms with van der Waals surface area (Å²) in [6, 6.07) is 16.4. The number of nitrogens with zero attached hydrogens (tertiary/aromatic N) is 1. The van der Waals surface area contributed by atoms with Crippen LogP contribution in [0.25, 0.3) is 0 Å². The molecule has 1 aliphatic rings. The largest absolute Gasteiger partial charge is 0.460 e. The minimum Gasteiger partial charge on any atom is -0.460 e. The third-order valence-electron chi connectivity index (χ3n) is 4.56. The lowest BCUT2D eigenvalue weighted by Gasteiger charge is -2.42. The number of ether oxygens (including phenoxy) is 1. The van der Waals surface area contributed by atoms with Crippen LogP contribution in [0.4, 0.5) is 4.79 Å². The van der Waals surface area contributed by atoms with E-state index in [1.807, 2.05) is 36.4 Å². The zero-order valence-electron chi connectivity index (χ0n) is 15.9. The van der Waals surface area contributed by atoms with Crippen LogP contribution in [0.1, 0.15) is 17.2 Å². The number of benzene rings is 2. The van der Waals surface area contributed by atoms with Gasteiger partial charge in [-0.2, -0.15) is 0 Å². The monoisotopic (exact) mass is 393 g/mol. The minimum atomic E-state index is -0.853. The molecule has 1 aliphatic heterocycles. The Hall–Kier alpha value is -3.61. The van der Waals surface area contributed by atoms with Crippen molar-refractivity contribution in [2.45, 2.75) is 18.6 Å². The summed E-state index contributed by atoms with van der Waals surface area (Å²) < 4.78 is 5.17. The molecule has 2 aromatic rings. The molecule has 29 heavy (non-hydrogen) atoms. The SMILES string of the molecule is C=CCOC(=O)[C@@H](c1ccccc1)N1CC(NC(=O)NCc2ccccc2)C1=O. The summed E-state index contributed by atoms with van der Waals surface area (Å²) in [5.74, 6) is -0.860. The van der Waals surface area contributed by atoms with Crippen molar-refractivity contribution in [3.05, 3.63) is 84.4 Å². The molecule has 7 nitrogen and oxygen atoms in total. The lowest BCUT2D eigenvalue weighted by molar-refractivity contribution is -0.162. The summed E-state index contributed by atoms with van der Waals surface area (Å²) in [7, 11) is 0. The van der Waals surface area contributed by atoms with E-state index in [0.29, 0.717) is 12.1 Å². The second-order valence-corrected chi connectivity index (χ2v) is 6.59. The van der Waals surface area contributed by atoms with E-state index in [2.05, 4.69) is 17.2 Å². The number of β-lactam (4-membered cyclic amide) rings is 1. The van der Waals surface area contributed by atoms with Gasteiger partial charge in [-0.05, 0) is 11.1 Å². The molecule has 2 aromatic carbocycles. The van der Waals surface area contributed by atoms with Gasteiger partial charge >= 0.3 is 12.0 Å². The molecule has 0 aliphatic carbocycles. The van der Waals surface area contributed by atoms with Crippen molar-refractivity contribution in [2.24, 2.45) is 0 Å². The topological polar surface area (TPSA) is 87.7 Å². The predicted molar refractivity (Wildman–Crippen MR) is 108 cm³/mol. The fourth-order valence-corrected chi connectivity index (χ4v) is 3.08. The van der Waals surface area contributed by atoms with Gasteiger partial charge in [0.05, 0.1) is 6.54 Å². The number of carbonyl (C=O) groups excluding carboxylic acids is 3. The van der Waals surface area contributed by atoms with Crippen molar-refractivity contribution in [3.63, 3.8) is 0 Å². The first kappa shape index (κ1) is 20.1. The summed E-state index contributed by atoms with van der Waals surface area (Å²) in [5, 5.41) is 5.37. The van der Waals surface area contributed by atoms with Crippen LogP contribution < -0.4 is 10.6 Å². The molecular formula is C22H23N3O4. The molecule has 1 fully saturated rings. The van der Waals surface area contributed by atoms with Crippen molar-refractivity contribution in [1.82, 2.24) is 15.5 Å². The Morgan fingerprint density at radius 1 is 1.14 bits per heavy atom. The van der Waals surface area contributed by atoms with Crippen LogP contribution in [0, 0.1) is 0 Å². The van der Waals surface area contributed by atoms with Crippen molar-refractivity contribution in [1.29, 1.82) is 0 Å². The highest BCUT2D eigenvalue weighted by atomic mass is 16.5. The zero-order valence-corrected chi connectivity index (χ0v) is 15.9. The normalized spacial score (nSPS) is 16.3. The van der Waals surface area contributed by atoms with Crippen LogP contribution in [0.3, 0.4) is 0 Å². The molecule has 1 unspecified atom stereocenters. The second-order valence-electron chi connectivity index (χ2n) is 6.59. The van der Waals surface area contributed by atoms with Gasteiger partial charge in [-0.3, -0.25) is 4.79 Å². The molecule has 2 atom stereocenters. The number of nitrogens with one attached hydrogen (secondary N) is 2. The summed E-state index contributed by atoms with van der Waals surface area (Å²) >= 11 is 0. The maximum absolute atomic E-state index is 12.6. The molecule has 1 saturated heterocycles. The van der Waals surface area contributed by atoms with Crippen molar-refractivity contribution in [3.8, 4) is 0 Å². The van der Waals surface area contributed by atoms with Crippen molar-refractivity contribution in [2.75, 3.05) is 13.2 Å². The Balaban J connectivity index is 1.58. The van der Waals surface area contributed by atoms with Gasteiger partial charge in [0, 0.05) is 6.54 Å². The first-order valence-electron chi connectivity index (χ1n) is 9.31. The zero-order chi connectivity index (χ0) is 20.6. The van der Waals surface area contributed by atoms with Crippen molar-refractivity contribution >= 4 is 17.9 Å². The summed E-state index contributed by atoms with van der Waals surface area (Å²) in [5.41, 5.74) is 1.61. The predicted octanol–water partition coefficient (Wildman–Crippen LogP) is 2.17. The number of carbonyl (C=O) groups is 3. The Morgan fingerprint density at radius 3 is 2.41 bits per heavy atom.